The molecule has 4 rings (SSSR count). The molecule has 1 aromatic heterocycles. The summed E-state index contributed by atoms with van der Waals surface area (Å²) in [5.74, 6) is 0.758. The zero-order chi connectivity index (χ0) is 25.3. The highest BCUT2D eigenvalue weighted by molar-refractivity contribution is 5.98. The van der Waals surface area contributed by atoms with E-state index in [1.807, 2.05) is 48.5 Å². The third-order valence-electron chi connectivity index (χ3n) is 4.92. The molecule has 10 heteroatoms. The second kappa shape index (κ2) is 11.3. The highest BCUT2D eigenvalue weighted by atomic mass is 16.2. The molecule has 3 aromatic carbocycles. The van der Waals surface area contributed by atoms with Gasteiger partial charge in [-0.1, -0.05) is 48.5 Å². The molecule has 4 aromatic rings. The molecule has 1 heterocycles. The Labute approximate surface area is 207 Å². The van der Waals surface area contributed by atoms with Crippen LogP contribution in [0.2, 0.25) is 0 Å². The van der Waals surface area contributed by atoms with Gasteiger partial charge < -0.3 is 10.6 Å². The topological polar surface area (TPSA) is 133 Å². The van der Waals surface area contributed by atoms with Gasteiger partial charge in [0.05, 0.1) is 12.4 Å². The molecular formula is C26H24N8O2. The number of anilines is 4. The lowest BCUT2D eigenvalue weighted by molar-refractivity contribution is -0.115. The highest BCUT2D eigenvalue weighted by Crippen LogP contribution is 2.26. The first-order valence-corrected chi connectivity index (χ1v) is 11.1. The number of nitrogens with one attached hydrogen (secondary N) is 4. The molecule has 0 atom stereocenters. The molecule has 4 N–H and O–H groups in total. The second-order valence-electron chi connectivity index (χ2n) is 7.79. The fraction of sp³-hybridized carbons (Fsp3) is 0.0769. The Morgan fingerprint density at radius 2 is 1.03 bits per heavy atom. The lowest BCUT2D eigenvalue weighted by atomic mass is 10.2. The number of hydrogen-bond acceptors (Lipinski definition) is 8. The van der Waals surface area contributed by atoms with E-state index in [1.165, 1.54) is 13.8 Å². The van der Waals surface area contributed by atoms with Gasteiger partial charge in [0.25, 0.3) is 0 Å². The van der Waals surface area contributed by atoms with Crippen LogP contribution in [-0.2, 0) is 9.59 Å². The standard InChI is InChI=1S/C26H24N8O2/c1-17(35)29-21-11-7-19(8-12-21)15-27-31-25-23-5-3-4-6-24(23)26(34-33-25)32-28-16-20-9-13-22(14-10-20)30-18(2)36/h3-16H,1-2H3,(H,29,35)(H,30,36)(H,31,33)(H,32,34)/b27-15-,28-16+. The van der Waals surface area contributed by atoms with Gasteiger partial charge >= 0.3 is 0 Å². The third-order valence-corrected chi connectivity index (χ3v) is 4.92. The molecule has 0 saturated heterocycles. The Bertz CT molecular complexity index is 1320. The van der Waals surface area contributed by atoms with Crippen molar-refractivity contribution in [3.05, 3.63) is 83.9 Å². The minimum absolute atomic E-state index is 0.121. The van der Waals surface area contributed by atoms with Crippen molar-refractivity contribution >= 4 is 58.0 Å². The summed E-state index contributed by atoms with van der Waals surface area (Å²) in [6, 6.07) is 22.2. The van der Waals surface area contributed by atoms with E-state index < -0.39 is 0 Å². The van der Waals surface area contributed by atoms with Crippen LogP contribution in [0.15, 0.2) is 83.0 Å². The largest absolute Gasteiger partial charge is 0.326 e. The lowest BCUT2D eigenvalue weighted by Crippen LogP contribution is -2.05. The Hall–Kier alpha value is -5.12. The van der Waals surface area contributed by atoms with E-state index in [-0.39, 0.29) is 11.8 Å². The fourth-order valence-corrected chi connectivity index (χ4v) is 3.32. The molecule has 0 aliphatic carbocycles. The van der Waals surface area contributed by atoms with E-state index in [0.29, 0.717) is 11.6 Å². The van der Waals surface area contributed by atoms with Gasteiger partial charge in [-0.05, 0) is 35.4 Å². The maximum Gasteiger partial charge on any atom is 0.221 e. The minimum Gasteiger partial charge on any atom is -0.326 e. The summed E-state index contributed by atoms with van der Waals surface area (Å²) in [4.78, 5) is 22.3. The van der Waals surface area contributed by atoms with Gasteiger partial charge in [-0.15, -0.1) is 10.2 Å². The number of rotatable bonds is 8. The van der Waals surface area contributed by atoms with Crippen LogP contribution >= 0.6 is 0 Å². The molecule has 0 spiro atoms. The number of benzene rings is 3. The first-order valence-electron chi connectivity index (χ1n) is 11.1. The zero-order valence-corrected chi connectivity index (χ0v) is 19.7. The molecule has 36 heavy (non-hydrogen) atoms. The van der Waals surface area contributed by atoms with Crippen molar-refractivity contribution in [3.63, 3.8) is 0 Å². The van der Waals surface area contributed by atoms with E-state index in [9.17, 15) is 9.59 Å². The fourth-order valence-electron chi connectivity index (χ4n) is 3.32. The molecule has 0 saturated carbocycles. The number of amides is 2. The summed E-state index contributed by atoms with van der Waals surface area (Å²) in [6.07, 6.45) is 3.31. The Morgan fingerprint density at radius 1 is 0.639 bits per heavy atom. The van der Waals surface area contributed by atoms with Crippen LogP contribution in [0, 0.1) is 0 Å². The van der Waals surface area contributed by atoms with Gasteiger partial charge in [0, 0.05) is 36.0 Å². The van der Waals surface area contributed by atoms with Crippen molar-refractivity contribution in [2.24, 2.45) is 10.2 Å². The molecule has 0 unspecified atom stereocenters. The minimum atomic E-state index is -0.121. The molecule has 0 bridgehead atoms. The van der Waals surface area contributed by atoms with Crippen LogP contribution in [0.1, 0.15) is 25.0 Å². The SMILES string of the molecule is CC(=O)Nc1ccc(/C=N\Nc2nnc(N/N=C/c3ccc(NC(C)=O)cc3)c3ccccc23)cc1. The van der Waals surface area contributed by atoms with Gasteiger partial charge in [-0.25, -0.2) is 0 Å². The molecule has 0 radical (unpaired) electrons. The quantitative estimate of drug-likeness (QED) is 0.218. The molecule has 2 amide bonds. The number of fused-ring (bicyclic) bond motifs is 1. The van der Waals surface area contributed by atoms with Crippen LogP contribution in [0.25, 0.3) is 10.8 Å². The summed E-state index contributed by atoms with van der Waals surface area (Å²) in [5, 5.41) is 24.1. The zero-order valence-electron chi connectivity index (χ0n) is 19.7. The maximum absolute atomic E-state index is 11.1. The summed E-state index contributed by atoms with van der Waals surface area (Å²) >= 11 is 0. The summed E-state index contributed by atoms with van der Waals surface area (Å²) in [6.45, 7) is 2.93. The van der Waals surface area contributed by atoms with Crippen molar-refractivity contribution in [2.75, 3.05) is 21.5 Å². The predicted octanol–water partition coefficient (Wildman–Crippen LogP) is 4.44. The highest BCUT2D eigenvalue weighted by Gasteiger charge is 2.08. The average molecular weight is 481 g/mol. The number of hydrazone groups is 2. The van der Waals surface area contributed by atoms with Gasteiger partial charge in [0.1, 0.15) is 0 Å². The Kier molecular flexibility index (Phi) is 7.57. The first kappa shape index (κ1) is 24.0. The normalized spacial score (nSPS) is 11.1. The van der Waals surface area contributed by atoms with Crippen LogP contribution in [0.3, 0.4) is 0 Å². The van der Waals surface area contributed by atoms with E-state index in [1.54, 1.807) is 36.7 Å². The summed E-state index contributed by atoms with van der Waals surface area (Å²) in [7, 11) is 0. The smallest absolute Gasteiger partial charge is 0.221 e. The number of carbonyl (C=O) groups is 2. The molecule has 180 valence electrons. The number of carbonyl (C=O) groups excluding carboxylic acids is 2. The van der Waals surface area contributed by atoms with E-state index in [0.717, 1.165) is 33.3 Å². The van der Waals surface area contributed by atoms with E-state index >= 15 is 0 Å². The van der Waals surface area contributed by atoms with Crippen molar-refractivity contribution in [1.29, 1.82) is 0 Å². The first-order chi connectivity index (χ1) is 17.5. The van der Waals surface area contributed by atoms with Gasteiger partial charge in [-0.3, -0.25) is 20.4 Å². The van der Waals surface area contributed by atoms with Crippen molar-refractivity contribution in [1.82, 2.24) is 10.2 Å². The van der Waals surface area contributed by atoms with Crippen molar-refractivity contribution < 1.29 is 9.59 Å². The lowest BCUT2D eigenvalue weighted by Gasteiger charge is -2.08. The number of nitrogens with zero attached hydrogens (tertiary/aromatic N) is 4. The monoisotopic (exact) mass is 480 g/mol. The van der Waals surface area contributed by atoms with Gasteiger partial charge in [0.2, 0.25) is 11.8 Å². The van der Waals surface area contributed by atoms with Crippen LogP contribution in [0.5, 0.6) is 0 Å². The van der Waals surface area contributed by atoms with E-state index in [4.69, 9.17) is 0 Å². The van der Waals surface area contributed by atoms with E-state index in [2.05, 4.69) is 41.9 Å². The van der Waals surface area contributed by atoms with Gasteiger partial charge in [0.15, 0.2) is 11.6 Å². The molecule has 0 aliphatic rings. The van der Waals surface area contributed by atoms with Crippen LogP contribution in [0.4, 0.5) is 23.0 Å². The second-order valence-corrected chi connectivity index (χ2v) is 7.79. The summed E-state index contributed by atoms with van der Waals surface area (Å²) < 4.78 is 0. The molecular weight excluding hydrogens is 456 g/mol. The number of aromatic nitrogens is 2. The summed E-state index contributed by atoms with van der Waals surface area (Å²) in [5.41, 5.74) is 9.03. The van der Waals surface area contributed by atoms with Crippen LogP contribution < -0.4 is 21.5 Å². The van der Waals surface area contributed by atoms with Crippen molar-refractivity contribution in [2.45, 2.75) is 13.8 Å². The molecule has 0 aliphatic heterocycles. The Morgan fingerprint density at radius 3 is 1.39 bits per heavy atom. The molecule has 10 nitrogen and oxygen atoms in total. The van der Waals surface area contributed by atoms with Crippen LogP contribution in [-0.4, -0.2) is 34.4 Å². The van der Waals surface area contributed by atoms with Crippen molar-refractivity contribution in [3.8, 4) is 0 Å². The maximum atomic E-state index is 11.1. The average Bonchev–Trinajstić information content (AvgIpc) is 2.86. The Balaban J connectivity index is 1.44. The predicted molar refractivity (Wildman–Crippen MR) is 143 cm³/mol. The molecule has 0 fully saturated rings. The van der Waals surface area contributed by atoms with Gasteiger partial charge in [-0.2, -0.15) is 10.2 Å². The third kappa shape index (κ3) is 6.48. The number of hydrogen-bond donors (Lipinski definition) is 4.